The van der Waals surface area contributed by atoms with Crippen molar-refractivity contribution in [1.82, 2.24) is 14.5 Å². The van der Waals surface area contributed by atoms with Gasteiger partial charge in [-0.1, -0.05) is 6.42 Å². The van der Waals surface area contributed by atoms with Crippen molar-refractivity contribution < 1.29 is 13.6 Å². The van der Waals surface area contributed by atoms with Crippen LogP contribution in [0, 0.1) is 11.6 Å². The van der Waals surface area contributed by atoms with E-state index in [0.29, 0.717) is 17.7 Å². The second kappa shape index (κ2) is 6.71. The molecule has 1 aromatic carbocycles. The van der Waals surface area contributed by atoms with Crippen molar-refractivity contribution in [2.75, 3.05) is 13.1 Å². The lowest BCUT2D eigenvalue weighted by molar-refractivity contribution is -0.131. The summed E-state index contributed by atoms with van der Waals surface area (Å²) in [7, 11) is 0. The molecule has 7 heteroatoms. The van der Waals surface area contributed by atoms with Crippen molar-refractivity contribution in [2.24, 2.45) is 5.73 Å². The number of hydrogen-bond donors (Lipinski definition) is 1. The molecule has 2 aliphatic rings. The number of aryl methyl sites for hydroxylation is 1. The van der Waals surface area contributed by atoms with Gasteiger partial charge in [0.25, 0.3) is 0 Å². The van der Waals surface area contributed by atoms with Gasteiger partial charge < -0.3 is 10.3 Å². The lowest BCUT2D eigenvalue weighted by Crippen LogP contribution is -2.54. The summed E-state index contributed by atoms with van der Waals surface area (Å²) in [5.41, 5.74) is 6.03. The molecule has 1 unspecified atom stereocenters. The summed E-state index contributed by atoms with van der Waals surface area (Å²) in [4.78, 5) is 19.2. The molecule has 3 heterocycles. The van der Waals surface area contributed by atoms with Gasteiger partial charge in [-0.3, -0.25) is 9.69 Å². The van der Waals surface area contributed by atoms with Crippen LogP contribution < -0.4 is 5.73 Å². The fraction of sp³-hybridized carbons (Fsp3) is 0.500. The third kappa shape index (κ3) is 3.04. The molecule has 27 heavy (non-hydrogen) atoms. The highest BCUT2D eigenvalue weighted by Crippen LogP contribution is 2.37. The molecule has 144 valence electrons. The summed E-state index contributed by atoms with van der Waals surface area (Å²) >= 11 is 0. The molecule has 1 fully saturated rings. The Morgan fingerprint density at radius 2 is 1.85 bits per heavy atom. The van der Waals surface area contributed by atoms with Gasteiger partial charge in [0, 0.05) is 18.7 Å². The predicted octanol–water partition coefficient (Wildman–Crippen LogP) is 2.88. The fourth-order valence-corrected chi connectivity index (χ4v) is 4.41. The van der Waals surface area contributed by atoms with Gasteiger partial charge in [-0.2, -0.15) is 0 Å². The molecule has 2 aromatic rings. The number of likely N-dealkylation sites (tertiary alicyclic amines) is 1. The Balaban J connectivity index is 1.72. The maximum Gasteiger partial charge on any atom is 0.243 e. The van der Waals surface area contributed by atoms with Crippen LogP contribution in [0.15, 0.2) is 24.4 Å². The van der Waals surface area contributed by atoms with E-state index in [4.69, 9.17) is 10.7 Å². The summed E-state index contributed by atoms with van der Waals surface area (Å²) in [6.07, 6.45) is 6.47. The fourth-order valence-electron chi connectivity index (χ4n) is 4.41. The highest BCUT2D eigenvalue weighted by molar-refractivity contribution is 5.85. The molecule has 2 atom stereocenters. The van der Waals surface area contributed by atoms with Crippen LogP contribution >= 0.6 is 0 Å². The Kier molecular flexibility index (Phi) is 4.50. The normalized spacial score (nSPS) is 22.4. The summed E-state index contributed by atoms with van der Waals surface area (Å²) < 4.78 is 29.3. The second-order valence-electron chi connectivity index (χ2n) is 7.69. The highest BCUT2D eigenvalue weighted by atomic mass is 19.1. The first-order valence-electron chi connectivity index (χ1n) is 9.49. The SMILES string of the molecule is CC(C(N)=O)(c1cn2c(n1)CC[C@@H]2c1cc(F)cc(F)c1)N1CCCCC1. The second-order valence-corrected chi connectivity index (χ2v) is 7.69. The van der Waals surface area contributed by atoms with Crippen LogP contribution in [0.25, 0.3) is 0 Å². The number of fused-ring (bicyclic) bond motifs is 1. The van der Waals surface area contributed by atoms with Gasteiger partial charge in [-0.05, 0) is 57.0 Å². The number of nitrogens with two attached hydrogens (primary N) is 1. The van der Waals surface area contributed by atoms with E-state index in [-0.39, 0.29) is 6.04 Å². The molecular formula is C20H24F2N4O. The standard InChI is InChI=1S/C20H24F2N4O/c1-20(19(23)27,25-7-3-2-4-8-25)17-12-26-16(5-6-18(26)24-17)13-9-14(21)11-15(22)10-13/h9-12,16H,2-8H2,1H3,(H2,23,27)/t16-,20?/m1/s1. The van der Waals surface area contributed by atoms with Gasteiger partial charge in [-0.15, -0.1) is 0 Å². The van der Waals surface area contributed by atoms with Crippen molar-refractivity contribution in [2.45, 2.75) is 50.6 Å². The minimum absolute atomic E-state index is 0.190. The van der Waals surface area contributed by atoms with E-state index >= 15 is 0 Å². The predicted molar refractivity (Wildman–Crippen MR) is 97.0 cm³/mol. The molecular weight excluding hydrogens is 350 g/mol. The largest absolute Gasteiger partial charge is 0.368 e. The number of aromatic nitrogens is 2. The molecule has 1 saturated heterocycles. The van der Waals surface area contributed by atoms with Crippen LogP contribution in [0.5, 0.6) is 0 Å². The molecule has 2 N–H and O–H groups in total. The lowest BCUT2D eigenvalue weighted by Gasteiger charge is -2.40. The molecule has 0 bridgehead atoms. The Morgan fingerprint density at radius 3 is 2.48 bits per heavy atom. The van der Waals surface area contributed by atoms with Crippen LogP contribution in [0.1, 0.15) is 55.7 Å². The topological polar surface area (TPSA) is 64.2 Å². The Hall–Kier alpha value is -2.28. The lowest BCUT2D eigenvalue weighted by atomic mass is 9.92. The van der Waals surface area contributed by atoms with E-state index in [1.54, 1.807) is 0 Å². The molecule has 0 spiro atoms. The third-order valence-electron chi connectivity index (χ3n) is 6.02. The maximum absolute atomic E-state index is 13.7. The third-order valence-corrected chi connectivity index (χ3v) is 6.02. The van der Waals surface area contributed by atoms with Crippen LogP contribution in [-0.4, -0.2) is 33.4 Å². The number of imidazole rings is 1. The Bertz CT molecular complexity index is 855. The van der Waals surface area contributed by atoms with Crippen LogP contribution in [-0.2, 0) is 16.8 Å². The van der Waals surface area contributed by atoms with Crippen LogP contribution in [0.3, 0.4) is 0 Å². The first-order chi connectivity index (χ1) is 12.9. The summed E-state index contributed by atoms with van der Waals surface area (Å²) in [5.74, 6) is -0.776. The van der Waals surface area contributed by atoms with Gasteiger partial charge in [0.15, 0.2) is 0 Å². The molecule has 4 rings (SSSR count). The minimum Gasteiger partial charge on any atom is -0.368 e. The van der Waals surface area contributed by atoms with Gasteiger partial charge >= 0.3 is 0 Å². The quantitative estimate of drug-likeness (QED) is 0.895. The van der Waals surface area contributed by atoms with Gasteiger partial charge in [0.2, 0.25) is 5.91 Å². The number of halogens is 2. The zero-order chi connectivity index (χ0) is 19.2. The Labute approximate surface area is 157 Å². The monoisotopic (exact) mass is 374 g/mol. The summed E-state index contributed by atoms with van der Waals surface area (Å²) in [6.45, 7) is 3.44. The zero-order valence-corrected chi connectivity index (χ0v) is 15.4. The first kappa shape index (κ1) is 18.1. The average Bonchev–Trinajstić information content (AvgIpc) is 3.21. The zero-order valence-electron chi connectivity index (χ0n) is 15.4. The number of hydrogen-bond acceptors (Lipinski definition) is 3. The molecule has 2 aliphatic heterocycles. The van der Waals surface area contributed by atoms with Crippen molar-refractivity contribution >= 4 is 5.91 Å². The molecule has 0 aliphatic carbocycles. The van der Waals surface area contributed by atoms with Crippen LogP contribution in [0.2, 0.25) is 0 Å². The van der Waals surface area contributed by atoms with E-state index in [1.165, 1.54) is 12.1 Å². The maximum atomic E-state index is 13.7. The molecule has 0 radical (unpaired) electrons. The van der Waals surface area contributed by atoms with Crippen molar-refractivity contribution in [3.05, 3.63) is 53.1 Å². The van der Waals surface area contributed by atoms with E-state index in [0.717, 1.165) is 50.7 Å². The number of rotatable bonds is 4. The van der Waals surface area contributed by atoms with E-state index in [2.05, 4.69) is 4.90 Å². The average molecular weight is 374 g/mol. The number of carbonyl (C=O) groups is 1. The Morgan fingerprint density at radius 1 is 1.19 bits per heavy atom. The van der Waals surface area contributed by atoms with E-state index in [1.807, 2.05) is 17.7 Å². The van der Waals surface area contributed by atoms with Crippen molar-refractivity contribution in [3.8, 4) is 0 Å². The molecule has 5 nitrogen and oxygen atoms in total. The number of nitrogens with zero attached hydrogens (tertiary/aromatic N) is 3. The summed E-state index contributed by atoms with van der Waals surface area (Å²) in [6, 6.07) is 3.41. The molecule has 1 amide bonds. The molecule has 0 saturated carbocycles. The van der Waals surface area contributed by atoms with Gasteiger partial charge in [-0.25, -0.2) is 13.8 Å². The smallest absolute Gasteiger partial charge is 0.243 e. The number of carbonyl (C=O) groups excluding carboxylic acids is 1. The minimum atomic E-state index is -0.977. The summed E-state index contributed by atoms with van der Waals surface area (Å²) in [5, 5.41) is 0. The van der Waals surface area contributed by atoms with Gasteiger partial charge in [0.05, 0.1) is 11.7 Å². The number of amides is 1. The molecule has 1 aromatic heterocycles. The first-order valence-corrected chi connectivity index (χ1v) is 9.49. The van der Waals surface area contributed by atoms with E-state index < -0.39 is 23.1 Å². The number of piperidine rings is 1. The van der Waals surface area contributed by atoms with Gasteiger partial charge in [0.1, 0.15) is 23.0 Å². The highest BCUT2D eigenvalue weighted by Gasteiger charge is 2.43. The number of primary amides is 1. The number of benzene rings is 1. The van der Waals surface area contributed by atoms with Crippen molar-refractivity contribution in [1.29, 1.82) is 0 Å². The van der Waals surface area contributed by atoms with E-state index in [9.17, 15) is 13.6 Å². The van der Waals surface area contributed by atoms with Crippen molar-refractivity contribution in [3.63, 3.8) is 0 Å². The van der Waals surface area contributed by atoms with Crippen LogP contribution in [0.4, 0.5) is 8.78 Å².